The van der Waals surface area contributed by atoms with Crippen molar-refractivity contribution < 1.29 is 0 Å². The number of para-hydroxylation sites is 2. The zero-order chi connectivity index (χ0) is 33.9. The lowest BCUT2D eigenvalue weighted by Crippen LogP contribution is -2.10. The number of hydrogen-bond acceptors (Lipinski definition) is 0. The van der Waals surface area contributed by atoms with Crippen LogP contribution < -0.4 is 0 Å². The minimum Gasteiger partial charge on any atom is -0.308 e. The lowest BCUT2D eigenvalue weighted by Gasteiger charge is -2.25. The monoisotopic (exact) mass is 660 g/mol. The smallest absolute Gasteiger partial charge is 0.0632 e. The first-order valence-electron chi connectivity index (χ1n) is 18.3. The van der Waals surface area contributed by atoms with Crippen LogP contribution in [0.2, 0.25) is 0 Å². The van der Waals surface area contributed by atoms with Crippen LogP contribution in [0.3, 0.4) is 0 Å². The van der Waals surface area contributed by atoms with Gasteiger partial charge in [-0.2, -0.15) is 0 Å². The Labute approximate surface area is 300 Å². The predicted octanol–water partition coefficient (Wildman–Crippen LogP) is 13.4. The lowest BCUT2D eigenvalue weighted by atomic mass is 9.86. The van der Waals surface area contributed by atoms with E-state index in [4.69, 9.17) is 0 Å². The van der Waals surface area contributed by atoms with Crippen molar-refractivity contribution in [1.29, 1.82) is 0 Å². The van der Waals surface area contributed by atoms with E-state index in [9.17, 15) is 0 Å². The molecule has 52 heavy (non-hydrogen) atoms. The summed E-state index contributed by atoms with van der Waals surface area (Å²) in [6.07, 6.45) is 14.9. The fourth-order valence-electron chi connectivity index (χ4n) is 9.69. The Morgan fingerprint density at radius 1 is 0.423 bits per heavy atom. The zero-order valence-corrected chi connectivity index (χ0v) is 28.4. The fraction of sp³-hybridized carbons (Fsp3) is 0.0400. The van der Waals surface area contributed by atoms with Gasteiger partial charge in [-0.15, -0.1) is 0 Å². The SMILES string of the molecule is C1=CC2=C(n3c4ccccc4c4c5ccccc5c5c(c6ccccc6c6c5c5ccccc5n6-c5cccc6ccccc56)c43)C=CCC2C=C1. The van der Waals surface area contributed by atoms with Gasteiger partial charge in [-0.3, -0.25) is 0 Å². The van der Waals surface area contributed by atoms with Crippen LogP contribution in [0.5, 0.6) is 0 Å². The molecule has 0 saturated carbocycles. The fourth-order valence-corrected chi connectivity index (χ4v) is 9.69. The second kappa shape index (κ2) is 10.4. The van der Waals surface area contributed by atoms with Crippen LogP contribution in [-0.2, 0) is 0 Å². The molecule has 0 amide bonds. The van der Waals surface area contributed by atoms with Crippen molar-refractivity contribution in [3.05, 3.63) is 182 Å². The Balaban J connectivity index is 1.41. The summed E-state index contributed by atoms with van der Waals surface area (Å²) in [5.41, 5.74) is 8.86. The average Bonchev–Trinajstić information content (AvgIpc) is 3.74. The molecule has 2 heterocycles. The van der Waals surface area contributed by atoms with Crippen molar-refractivity contribution >= 4 is 92.4 Å². The van der Waals surface area contributed by atoms with Gasteiger partial charge in [-0.1, -0.05) is 152 Å². The number of aromatic nitrogens is 2. The van der Waals surface area contributed by atoms with Crippen molar-refractivity contribution in [3.63, 3.8) is 0 Å². The molecule has 2 heteroatoms. The largest absolute Gasteiger partial charge is 0.308 e. The van der Waals surface area contributed by atoms with E-state index in [1.165, 1.54) is 104 Å². The van der Waals surface area contributed by atoms with Crippen LogP contribution in [0.1, 0.15) is 6.42 Å². The molecule has 0 fully saturated rings. The summed E-state index contributed by atoms with van der Waals surface area (Å²) in [5.74, 6) is 0.370. The van der Waals surface area contributed by atoms with E-state index in [0.717, 1.165) is 6.42 Å². The Bertz CT molecular complexity index is 3320. The van der Waals surface area contributed by atoms with Crippen LogP contribution in [0.4, 0.5) is 0 Å². The molecule has 0 saturated heterocycles. The third-order valence-electron chi connectivity index (χ3n) is 11.7. The maximum atomic E-state index is 2.60. The van der Waals surface area contributed by atoms with Gasteiger partial charge in [0.15, 0.2) is 0 Å². The molecule has 0 bridgehead atoms. The first-order chi connectivity index (χ1) is 25.9. The van der Waals surface area contributed by atoms with E-state index in [2.05, 4.69) is 185 Å². The molecule has 0 N–H and O–H groups in total. The third kappa shape index (κ3) is 3.58. The van der Waals surface area contributed by atoms with Gasteiger partial charge in [-0.25, -0.2) is 0 Å². The van der Waals surface area contributed by atoms with E-state index >= 15 is 0 Å². The molecule has 1 unspecified atom stereocenters. The number of hydrogen-bond donors (Lipinski definition) is 0. The van der Waals surface area contributed by atoms with Gasteiger partial charge in [0.05, 0.1) is 27.8 Å². The van der Waals surface area contributed by atoms with Crippen LogP contribution >= 0.6 is 0 Å². The lowest BCUT2D eigenvalue weighted by molar-refractivity contribution is 0.776. The quantitative estimate of drug-likeness (QED) is 0.163. The third-order valence-corrected chi connectivity index (χ3v) is 11.7. The molecule has 2 aliphatic rings. The number of rotatable bonds is 2. The second-order valence-electron chi connectivity index (χ2n) is 14.3. The maximum absolute atomic E-state index is 2.60. The highest BCUT2D eigenvalue weighted by Crippen LogP contribution is 2.51. The summed E-state index contributed by atoms with van der Waals surface area (Å²) >= 11 is 0. The number of benzene rings is 8. The van der Waals surface area contributed by atoms with Crippen molar-refractivity contribution in [2.75, 3.05) is 0 Å². The van der Waals surface area contributed by atoms with Crippen molar-refractivity contribution in [1.82, 2.24) is 9.13 Å². The molecule has 0 radical (unpaired) electrons. The summed E-state index contributed by atoms with van der Waals surface area (Å²) in [6, 6.07) is 51.8. The van der Waals surface area contributed by atoms with Crippen molar-refractivity contribution in [2.24, 2.45) is 5.92 Å². The zero-order valence-electron chi connectivity index (χ0n) is 28.4. The molecular formula is C50H32N2. The van der Waals surface area contributed by atoms with Gasteiger partial charge < -0.3 is 9.13 Å². The topological polar surface area (TPSA) is 9.86 Å². The number of allylic oxidation sites excluding steroid dienone is 8. The first kappa shape index (κ1) is 28.1. The van der Waals surface area contributed by atoms with E-state index in [1.54, 1.807) is 0 Å². The molecule has 2 aliphatic carbocycles. The Morgan fingerprint density at radius 2 is 1.00 bits per heavy atom. The minimum absolute atomic E-state index is 0.370. The van der Waals surface area contributed by atoms with Gasteiger partial charge >= 0.3 is 0 Å². The summed E-state index contributed by atoms with van der Waals surface area (Å²) in [7, 11) is 0. The Morgan fingerprint density at radius 3 is 1.79 bits per heavy atom. The summed E-state index contributed by atoms with van der Waals surface area (Å²) in [5, 5.41) is 15.4. The molecule has 12 rings (SSSR count). The Kier molecular flexibility index (Phi) is 5.64. The van der Waals surface area contributed by atoms with Crippen LogP contribution in [-0.4, -0.2) is 9.13 Å². The molecule has 8 aromatic carbocycles. The molecule has 1 atom stereocenters. The molecule has 2 aromatic heterocycles. The van der Waals surface area contributed by atoms with Gasteiger partial charge in [0.25, 0.3) is 0 Å². The molecular weight excluding hydrogens is 629 g/mol. The van der Waals surface area contributed by atoms with Gasteiger partial charge in [0, 0.05) is 54.7 Å². The average molecular weight is 661 g/mol. The van der Waals surface area contributed by atoms with E-state index < -0.39 is 0 Å². The summed E-state index contributed by atoms with van der Waals surface area (Å²) in [6.45, 7) is 0. The van der Waals surface area contributed by atoms with Crippen molar-refractivity contribution in [2.45, 2.75) is 6.42 Å². The van der Waals surface area contributed by atoms with Crippen molar-refractivity contribution in [3.8, 4) is 5.69 Å². The summed E-state index contributed by atoms with van der Waals surface area (Å²) < 4.78 is 5.14. The first-order valence-corrected chi connectivity index (χ1v) is 18.3. The highest BCUT2D eigenvalue weighted by molar-refractivity contribution is 6.45. The highest BCUT2D eigenvalue weighted by Gasteiger charge is 2.28. The second-order valence-corrected chi connectivity index (χ2v) is 14.3. The standard InChI is InChI=1S/C50H32N2/c1-3-19-33-31(15-1)17-13-29-41(33)51-44-28-12-10-26-40(44)48-46-36-22-6-5-21-35(36)45-39-25-9-11-27-43(39)52(42-30-14-18-32-16-2-4-20-34(32)42)50(45)47(46)37-23-7-8-24-38(37)49(48)51/h1-17,19-30,32H,18H2. The predicted molar refractivity (Wildman–Crippen MR) is 223 cm³/mol. The molecule has 2 nitrogen and oxygen atoms in total. The normalized spacial score (nSPS) is 15.9. The Hall–Kier alpha value is -6.64. The number of nitrogens with zero attached hydrogens (tertiary/aromatic N) is 2. The summed E-state index contributed by atoms with van der Waals surface area (Å²) in [4.78, 5) is 0. The van der Waals surface area contributed by atoms with E-state index in [1.807, 2.05) is 0 Å². The highest BCUT2D eigenvalue weighted by atomic mass is 15.0. The van der Waals surface area contributed by atoms with Crippen LogP contribution in [0.25, 0.3) is 98.1 Å². The van der Waals surface area contributed by atoms with Crippen LogP contribution in [0.15, 0.2) is 182 Å². The van der Waals surface area contributed by atoms with Crippen LogP contribution in [0, 0.1) is 5.92 Å². The van der Waals surface area contributed by atoms with Gasteiger partial charge in [-0.05, 0) is 57.8 Å². The number of fused-ring (bicyclic) bond motifs is 17. The van der Waals surface area contributed by atoms with Gasteiger partial charge in [0.1, 0.15) is 0 Å². The molecule has 0 spiro atoms. The minimum atomic E-state index is 0.370. The molecule has 10 aromatic rings. The molecule has 0 aliphatic heterocycles. The van der Waals surface area contributed by atoms with E-state index in [-0.39, 0.29) is 0 Å². The molecule has 242 valence electrons. The van der Waals surface area contributed by atoms with Gasteiger partial charge in [0.2, 0.25) is 0 Å². The maximum Gasteiger partial charge on any atom is 0.0632 e. The van der Waals surface area contributed by atoms with E-state index in [0.29, 0.717) is 5.92 Å².